The Morgan fingerprint density at radius 3 is 2.50 bits per heavy atom. The third-order valence-electron chi connectivity index (χ3n) is 4.85. The summed E-state index contributed by atoms with van der Waals surface area (Å²) in [5, 5.41) is 3.74. The van der Waals surface area contributed by atoms with E-state index in [0.29, 0.717) is 11.5 Å². The topological polar surface area (TPSA) is 47.3 Å². The molecule has 2 aliphatic rings. The highest BCUT2D eigenvalue weighted by Gasteiger charge is 2.40. The first-order valence-electron chi connectivity index (χ1n) is 6.67. The average molecular weight is 226 g/mol. The molecule has 2 rings (SSSR count). The molecule has 0 aromatic rings. The average Bonchev–Trinajstić information content (AvgIpc) is 2.86. The third kappa shape index (κ3) is 2.27. The number of ether oxygens (including phenoxy) is 1. The molecule has 94 valence electrons. The van der Waals surface area contributed by atoms with E-state index in [9.17, 15) is 0 Å². The molecule has 0 spiro atoms. The number of hydrogen-bond acceptors (Lipinski definition) is 3. The van der Waals surface area contributed by atoms with Gasteiger partial charge in [0.2, 0.25) is 0 Å². The Bertz CT molecular complexity index is 233. The summed E-state index contributed by atoms with van der Waals surface area (Å²) in [6.45, 7) is 7.23. The molecule has 0 aromatic carbocycles. The van der Waals surface area contributed by atoms with Crippen molar-refractivity contribution in [3.63, 3.8) is 0 Å². The van der Waals surface area contributed by atoms with Crippen LogP contribution in [0.4, 0.5) is 0 Å². The maximum absolute atomic E-state index is 5.96. The van der Waals surface area contributed by atoms with E-state index in [-0.39, 0.29) is 5.54 Å². The van der Waals surface area contributed by atoms with Gasteiger partial charge in [-0.05, 0) is 45.1 Å². The molecule has 1 aliphatic heterocycles. The highest BCUT2D eigenvalue weighted by atomic mass is 16.5. The Labute approximate surface area is 99.1 Å². The summed E-state index contributed by atoms with van der Waals surface area (Å²) < 4.78 is 5.66. The fourth-order valence-corrected chi connectivity index (χ4v) is 3.03. The van der Waals surface area contributed by atoms with E-state index >= 15 is 0 Å². The first kappa shape index (κ1) is 12.3. The third-order valence-corrected chi connectivity index (χ3v) is 4.85. The van der Waals surface area contributed by atoms with Gasteiger partial charge in [0.1, 0.15) is 0 Å². The van der Waals surface area contributed by atoms with Crippen LogP contribution in [0.15, 0.2) is 0 Å². The fraction of sp³-hybridized carbons (Fsp3) is 1.00. The predicted octanol–water partition coefficient (Wildman–Crippen LogP) is 1.66. The fourth-order valence-electron chi connectivity index (χ4n) is 3.03. The smallest absolute Gasteiger partial charge is 0.0726 e. The summed E-state index contributed by atoms with van der Waals surface area (Å²) in [4.78, 5) is 0. The van der Waals surface area contributed by atoms with Crippen LogP contribution < -0.4 is 11.1 Å². The van der Waals surface area contributed by atoms with Gasteiger partial charge in [-0.1, -0.05) is 12.8 Å². The Hall–Kier alpha value is -0.120. The van der Waals surface area contributed by atoms with Gasteiger partial charge in [0.15, 0.2) is 0 Å². The molecule has 1 saturated heterocycles. The summed E-state index contributed by atoms with van der Waals surface area (Å²) in [6.07, 6.45) is 6.73. The quantitative estimate of drug-likeness (QED) is 0.766. The SMILES string of the molecule is CC1OCCC1(C)NCC1(CN)CCCC1. The van der Waals surface area contributed by atoms with Crippen LogP contribution in [0, 0.1) is 5.41 Å². The van der Waals surface area contributed by atoms with E-state index in [2.05, 4.69) is 19.2 Å². The zero-order valence-corrected chi connectivity index (χ0v) is 10.7. The molecule has 1 saturated carbocycles. The second-order valence-corrected chi connectivity index (χ2v) is 5.95. The van der Waals surface area contributed by atoms with Gasteiger partial charge < -0.3 is 15.8 Å². The van der Waals surface area contributed by atoms with Crippen molar-refractivity contribution in [1.29, 1.82) is 0 Å². The van der Waals surface area contributed by atoms with Gasteiger partial charge in [0.05, 0.1) is 6.10 Å². The van der Waals surface area contributed by atoms with Crippen molar-refractivity contribution < 1.29 is 4.74 Å². The highest BCUT2D eigenvalue weighted by molar-refractivity contribution is 4.97. The molecule has 1 aliphatic carbocycles. The van der Waals surface area contributed by atoms with Crippen LogP contribution in [0.25, 0.3) is 0 Å². The maximum atomic E-state index is 5.96. The molecule has 1 heterocycles. The zero-order chi connectivity index (χ0) is 11.6. The van der Waals surface area contributed by atoms with Crippen LogP contribution in [0.5, 0.6) is 0 Å². The van der Waals surface area contributed by atoms with Gasteiger partial charge in [-0.3, -0.25) is 0 Å². The minimum absolute atomic E-state index is 0.157. The summed E-state index contributed by atoms with van der Waals surface area (Å²) in [7, 11) is 0. The van der Waals surface area contributed by atoms with Crippen molar-refractivity contribution in [2.45, 2.75) is 57.6 Å². The van der Waals surface area contributed by atoms with Gasteiger partial charge in [-0.25, -0.2) is 0 Å². The van der Waals surface area contributed by atoms with E-state index < -0.39 is 0 Å². The second-order valence-electron chi connectivity index (χ2n) is 5.95. The van der Waals surface area contributed by atoms with E-state index in [4.69, 9.17) is 10.5 Å². The van der Waals surface area contributed by atoms with E-state index in [1.807, 2.05) is 0 Å². The highest BCUT2D eigenvalue weighted by Crippen LogP contribution is 2.37. The van der Waals surface area contributed by atoms with Crippen molar-refractivity contribution in [3.05, 3.63) is 0 Å². The van der Waals surface area contributed by atoms with Crippen LogP contribution in [0.1, 0.15) is 46.0 Å². The van der Waals surface area contributed by atoms with E-state index in [1.54, 1.807) is 0 Å². The first-order valence-corrected chi connectivity index (χ1v) is 6.67. The first-order chi connectivity index (χ1) is 7.60. The molecule has 0 aromatic heterocycles. The molecule has 2 atom stereocenters. The van der Waals surface area contributed by atoms with Crippen LogP contribution in [0.3, 0.4) is 0 Å². The molecule has 3 N–H and O–H groups in total. The summed E-state index contributed by atoms with van der Waals surface area (Å²) in [5.74, 6) is 0. The van der Waals surface area contributed by atoms with Crippen molar-refractivity contribution in [2.75, 3.05) is 19.7 Å². The lowest BCUT2D eigenvalue weighted by atomic mass is 9.84. The zero-order valence-electron chi connectivity index (χ0n) is 10.7. The molecule has 3 heteroatoms. The lowest BCUT2D eigenvalue weighted by molar-refractivity contribution is 0.0832. The molecule has 16 heavy (non-hydrogen) atoms. The van der Waals surface area contributed by atoms with Crippen molar-refractivity contribution in [1.82, 2.24) is 5.32 Å². The van der Waals surface area contributed by atoms with Crippen LogP contribution >= 0.6 is 0 Å². The minimum atomic E-state index is 0.157. The lowest BCUT2D eigenvalue weighted by Crippen LogP contribution is -2.52. The summed E-state index contributed by atoms with van der Waals surface area (Å²) in [5.41, 5.74) is 6.48. The number of rotatable bonds is 4. The van der Waals surface area contributed by atoms with Gasteiger partial charge >= 0.3 is 0 Å². The van der Waals surface area contributed by atoms with E-state index in [1.165, 1.54) is 25.7 Å². The predicted molar refractivity (Wildman–Crippen MR) is 66.4 cm³/mol. The second kappa shape index (κ2) is 4.63. The van der Waals surface area contributed by atoms with Crippen molar-refractivity contribution in [3.8, 4) is 0 Å². The Balaban J connectivity index is 1.90. The van der Waals surface area contributed by atoms with Crippen molar-refractivity contribution in [2.24, 2.45) is 11.1 Å². The van der Waals surface area contributed by atoms with Crippen LogP contribution in [0.2, 0.25) is 0 Å². The molecule has 0 bridgehead atoms. The van der Waals surface area contributed by atoms with Gasteiger partial charge in [-0.2, -0.15) is 0 Å². The molecule has 2 unspecified atom stereocenters. The standard InChI is InChI=1S/C13H26N2O/c1-11-12(2,7-8-16-11)15-10-13(9-14)5-3-4-6-13/h11,15H,3-10,14H2,1-2H3. The van der Waals surface area contributed by atoms with Gasteiger partial charge in [-0.15, -0.1) is 0 Å². The van der Waals surface area contributed by atoms with Gasteiger partial charge in [0.25, 0.3) is 0 Å². The number of nitrogens with two attached hydrogens (primary N) is 1. The van der Waals surface area contributed by atoms with Crippen LogP contribution in [-0.2, 0) is 4.74 Å². The number of nitrogens with one attached hydrogen (secondary N) is 1. The normalized spacial score (nSPS) is 38.1. The van der Waals surface area contributed by atoms with Crippen molar-refractivity contribution >= 4 is 0 Å². The molecule has 0 radical (unpaired) electrons. The Kier molecular flexibility index (Phi) is 3.57. The van der Waals surface area contributed by atoms with Crippen LogP contribution in [-0.4, -0.2) is 31.3 Å². The largest absolute Gasteiger partial charge is 0.377 e. The molecular weight excluding hydrogens is 200 g/mol. The molecule has 2 fully saturated rings. The Morgan fingerprint density at radius 1 is 1.31 bits per heavy atom. The molecule has 3 nitrogen and oxygen atoms in total. The monoisotopic (exact) mass is 226 g/mol. The lowest BCUT2D eigenvalue weighted by Gasteiger charge is -2.35. The molecular formula is C13H26N2O. The maximum Gasteiger partial charge on any atom is 0.0726 e. The summed E-state index contributed by atoms with van der Waals surface area (Å²) in [6, 6.07) is 0. The van der Waals surface area contributed by atoms with Gasteiger partial charge in [0, 0.05) is 18.7 Å². The number of hydrogen-bond donors (Lipinski definition) is 2. The minimum Gasteiger partial charge on any atom is -0.377 e. The summed E-state index contributed by atoms with van der Waals surface area (Å²) >= 11 is 0. The Morgan fingerprint density at radius 2 is 2.00 bits per heavy atom. The molecule has 0 amide bonds. The van der Waals surface area contributed by atoms with E-state index in [0.717, 1.165) is 26.1 Å².